The molecule has 0 unspecified atom stereocenters. The minimum atomic E-state index is 0.563. The largest absolute Gasteiger partial charge is 0.418 e. The van der Waals surface area contributed by atoms with E-state index in [9.17, 15) is 0 Å². The van der Waals surface area contributed by atoms with Crippen LogP contribution in [-0.2, 0) is 6.54 Å². The Bertz CT molecular complexity index is 451. The summed E-state index contributed by atoms with van der Waals surface area (Å²) in [7, 11) is 0. The van der Waals surface area contributed by atoms with Crippen LogP contribution in [0, 0.1) is 6.92 Å². The van der Waals surface area contributed by atoms with Gasteiger partial charge in [0, 0.05) is 0 Å². The number of hydrogen-bond acceptors (Lipinski definition) is 6. The standard InChI is InChI=1S/C10H14N4OS/c1-3-4-11-5-8-13-14-10(15-8)9-7(2)12-6-16-9/h6,11H,3-5H2,1-2H3. The molecule has 2 rings (SSSR count). The molecule has 2 aromatic heterocycles. The van der Waals surface area contributed by atoms with Gasteiger partial charge in [-0.05, 0) is 19.9 Å². The van der Waals surface area contributed by atoms with Gasteiger partial charge in [0.2, 0.25) is 5.89 Å². The Labute approximate surface area is 97.9 Å². The SMILES string of the molecule is CCCNCc1nnc(-c2scnc2C)o1. The van der Waals surface area contributed by atoms with Crippen molar-refractivity contribution in [2.24, 2.45) is 0 Å². The Kier molecular flexibility index (Phi) is 3.63. The molecule has 2 aromatic rings. The van der Waals surface area contributed by atoms with Gasteiger partial charge in [0.05, 0.1) is 17.7 Å². The fourth-order valence-corrected chi connectivity index (χ4v) is 2.02. The van der Waals surface area contributed by atoms with E-state index in [0.717, 1.165) is 23.5 Å². The predicted molar refractivity (Wildman–Crippen MR) is 62.1 cm³/mol. The highest BCUT2D eigenvalue weighted by Crippen LogP contribution is 2.25. The summed E-state index contributed by atoms with van der Waals surface area (Å²) in [6.07, 6.45) is 1.09. The quantitative estimate of drug-likeness (QED) is 0.807. The molecule has 6 heteroatoms. The third kappa shape index (κ3) is 2.45. The molecule has 5 nitrogen and oxygen atoms in total. The maximum atomic E-state index is 5.54. The summed E-state index contributed by atoms with van der Waals surface area (Å²) in [5.74, 6) is 1.18. The number of rotatable bonds is 5. The summed E-state index contributed by atoms with van der Waals surface area (Å²) in [6.45, 7) is 5.63. The van der Waals surface area contributed by atoms with E-state index in [-0.39, 0.29) is 0 Å². The van der Waals surface area contributed by atoms with Gasteiger partial charge in [0.1, 0.15) is 4.88 Å². The normalized spacial score (nSPS) is 10.9. The lowest BCUT2D eigenvalue weighted by Gasteiger charge is -1.96. The van der Waals surface area contributed by atoms with Gasteiger partial charge in [-0.15, -0.1) is 21.5 Å². The van der Waals surface area contributed by atoms with Crippen molar-refractivity contribution in [2.75, 3.05) is 6.54 Å². The van der Waals surface area contributed by atoms with Crippen molar-refractivity contribution >= 4 is 11.3 Å². The zero-order chi connectivity index (χ0) is 11.4. The van der Waals surface area contributed by atoms with Crippen LogP contribution in [0.3, 0.4) is 0 Å². The molecule has 0 spiro atoms. The average molecular weight is 238 g/mol. The van der Waals surface area contributed by atoms with Crippen molar-refractivity contribution in [2.45, 2.75) is 26.8 Å². The summed E-state index contributed by atoms with van der Waals surface area (Å²) >= 11 is 1.52. The summed E-state index contributed by atoms with van der Waals surface area (Å²) in [5.41, 5.74) is 2.71. The maximum Gasteiger partial charge on any atom is 0.259 e. The van der Waals surface area contributed by atoms with E-state index in [1.54, 1.807) is 5.51 Å². The van der Waals surface area contributed by atoms with Gasteiger partial charge in [0.15, 0.2) is 0 Å². The monoisotopic (exact) mass is 238 g/mol. The van der Waals surface area contributed by atoms with Crippen LogP contribution in [0.15, 0.2) is 9.93 Å². The average Bonchev–Trinajstić information content (AvgIpc) is 2.87. The van der Waals surface area contributed by atoms with E-state index in [1.807, 2.05) is 6.92 Å². The zero-order valence-corrected chi connectivity index (χ0v) is 10.2. The van der Waals surface area contributed by atoms with Crippen LogP contribution in [0.4, 0.5) is 0 Å². The highest BCUT2D eigenvalue weighted by atomic mass is 32.1. The molecule has 0 amide bonds. The molecular weight excluding hydrogens is 224 g/mol. The Morgan fingerprint density at radius 2 is 2.31 bits per heavy atom. The lowest BCUT2D eigenvalue weighted by atomic mass is 10.4. The van der Waals surface area contributed by atoms with E-state index in [4.69, 9.17) is 4.42 Å². The molecule has 16 heavy (non-hydrogen) atoms. The molecule has 2 heterocycles. The Morgan fingerprint density at radius 3 is 3.00 bits per heavy atom. The van der Waals surface area contributed by atoms with Gasteiger partial charge in [-0.2, -0.15) is 0 Å². The number of hydrogen-bond donors (Lipinski definition) is 1. The molecule has 0 saturated carbocycles. The van der Waals surface area contributed by atoms with Gasteiger partial charge in [-0.25, -0.2) is 4.98 Å². The van der Waals surface area contributed by atoms with Crippen molar-refractivity contribution in [1.82, 2.24) is 20.5 Å². The number of thiazole rings is 1. The molecule has 0 aliphatic heterocycles. The third-order valence-electron chi connectivity index (χ3n) is 2.11. The summed E-state index contributed by atoms with van der Waals surface area (Å²) < 4.78 is 5.54. The topological polar surface area (TPSA) is 63.8 Å². The van der Waals surface area contributed by atoms with Crippen LogP contribution in [0.25, 0.3) is 10.8 Å². The Hall–Kier alpha value is -1.27. The second kappa shape index (κ2) is 5.18. The van der Waals surface area contributed by atoms with Gasteiger partial charge < -0.3 is 9.73 Å². The van der Waals surface area contributed by atoms with Crippen molar-refractivity contribution < 1.29 is 4.42 Å². The molecule has 0 radical (unpaired) electrons. The number of nitrogens with one attached hydrogen (secondary N) is 1. The van der Waals surface area contributed by atoms with E-state index in [1.165, 1.54) is 11.3 Å². The second-order valence-electron chi connectivity index (χ2n) is 3.44. The van der Waals surface area contributed by atoms with Crippen molar-refractivity contribution in [3.63, 3.8) is 0 Å². The van der Waals surface area contributed by atoms with Crippen LogP contribution >= 0.6 is 11.3 Å². The Morgan fingerprint density at radius 1 is 1.44 bits per heavy atom. The fraction of sp³-hybridized carbons (Fsp3) is 0.500. The molecule has 0 aliphatic rings. The van der Waals surface area contributed by atoms with Crippen molar-refractivity contribution in [1.29, 1.82) is 0 Å². The minimum Gasteiger partial charge on any atom is -0.418 e. The lowest BCUT2D eigenvalue weighted by Crippen LogP contribution is -2.13. The van der Waals surface area contributed by atoms with Crippen molar-refractivity contribution in [3.8, 4) is 10.8 Å². The van der Waals surface area contributed by atoms with Crippen LogP contribution in [0.1, 0.15) is 24.9 Å². The third-order valence-corrected chi connectivity index (χ3v) is 3.03. The predicted octanol–water partition coefficient (Wildman–Crippen LogP) is 2.00. The molecular formula is C10H14N4OS. The minimum absolute atomic E-state index is 0.563. The van der Waals surface area contributed by atoms with Crippen LogP contribution < -0.4 is 5.32 Å². The molecule has 0 bridgehead atoms. The summed E-state index contributed by atoms with van der Waals surface area (Å²) in [4.78, 5) is 5.11. The summed E-state index contributed by atoms with van der Waals surface area (Å²) in [6, 6.07) is 0. The first-order chi connectivity index (χ1) is 7.81. The van der Waals surface area contributed by atoms with Crippen LogP contribution in [0.2, 0.25) is 0 Å². The van der Waals surface area contributed by atoms with Gasteiger partial charge in [-0.3, -0.25) is 0 Å². The molecule has 1 N–H and O–H groups in total. The number of nitrogens with zero attached hydrogens (tertiary/aromatic N) is 3. The smallest absolute Gasteiger partial charge is 0.259 e. The molecule has 86 valence electrons. The van der Waals surface area contributed by atoms with E-state index >= 15 is 0 Å². The molecule has 0 fully saturated rings. The van der Waals surface area contributed by atoms with E-state index < -0.39 is 0 Å². The fourth-order valence-electron chi connectivity index (χ4n) is 1.30. The van der Waals surface area contributed by atoms with E-state index in [0.29, 0.717) is 18.3 Å². The molecule has 0 saturated heterocycles. The number of aromatic nitrogens is 3. The summed E-state index contributed by atoms with van der Waals surface area (Å²) in [5, 5.41) is 11.2. The lowest BCUT2D eigenvalue weighted by molar-refractivity contribution is 0.478. The van der Waals surface area contributed by atoms with Gasteiger partial charge in [-0.1, -0.05) is 6.92 Å². The number of aryl methyl sites for hydroxylation is 1. The molecule has 0 aromatic carbocycles. The highest BCUT2D eigenvalue weighted by molar-refractivity contribution is 7.13. The second-order valence-corrected chi connectivity index (χ2v) is 4.30. The van der Waals surface area contributed by atoms with Crippen LogP contribution in [0.5, 0.6) is 0 Å². The maximum absolute atomic E-state index is 5.54. The highest BCUT2D eigenvalue weighted by Gasteiger charge is 2.12. The molecule has 0 aliphatic carbocycles. The van der Waals surface area contributed by atoms with Gasteiger partial charge >= 0.3 is 0 Å². The first-order valence-electron chi connectivity index (χ1n) is 5.24. The Balaban J connectivity index is 2.05. The zero-order valence-electron chi connectivity index (χ0n) is 9.36. The molecule has 0 atom stereocenters. The van der Waals surface area contributed by atoms with Crippen LogP contribution in [-0.4, -0.2) is 21.7 Å². The van der Waals surface area contributed by atoms with Gasteiger partial charge in [0.25, 0.3) is 5.89 Å². The first-order valence-corrected chi connectivity index (χ1v) is 6.12. The van der Waals surface area contributed by atoms with Crippen molar-refractivity contribution in [3.05, 3.63) is 17.1 Å². The van der Waals surface area contributed by atoms with E-state index in [2.05, 4.69) is 27.4 Å². The first kappa shape index (κ1) is 11.2.